The van der Waals surface area contributed by atoms with Gasteiger partial charge in [0.2, 0.25) is 12.3 Å². The van der Waals surface area contributed by atoms with Crippen LogP contribution in [0.15, 0.2) is 58.3 Å². The number of thioether (sulfide) groups is 1. The Morgan fingerprint density at radius 1 is 1.06 bits per heavy atom. The summed E-state index contributed by atoms with van der Waals surface area (Å²) in [6.45, 7) is 3.64. The summed E-state index contributed by atoms with van der Waals surface area (Å²) in [7, 11) is -3.98. The molecule has 3 rings (SSSR count). The summed E-state index contributed by atoms with van der Waals surface area (Å²) in [6, 6.07) is 13.2. The Hall–Kier alpha value is -2.72. The maximum Gasteiger partial charge on any atom is 0.264 e. The van der Waals surface area contributed by atoms with Crippen LogP contribution in [0.25, 0.3) is 0 Å². The quantitative estimate of drug-likeness (QED) is 0.407. The number of hydrogen-bond acceptors (Lipinski definition) is 6. The molecule has 0 saturated carbocycles. The van der Waals surface area contributed by atoms with Gasteiger partial charge < -0.3 is 14.5 Å². The van der Waals surface area contributed by atoms with Gasteiger partial charge in [-0.25, -0.2) is 8.42 Å². The van der Waals surface area contributed by atoms with Crippen LogP contribution in [0, 0.1) is 0 Å². The van der Waals surface area contributed by atoms with Crippen molar-refractivity contribution in [3.8, 4) is 5.75 Å². The number of amides is 2. The predicted octanol–water partition coefficient (Wildman–Crippen LogP) is 2.30. The molecule has 2 aromatic rings. The number of sulfonamides is 1. The van der Waals surface area contributed by atoms with E-state index in [4.69, 9.17) is 4.74 Å². The first kappa shape index (κ1) is 23.9. The average molecular weight is 478 g/mol. The van der Waals surface area contributed by atoms with Crippen molar-refractivity contribution in [2.75, 3.05) is 49.9 Å². The van der Waals surface area contributed by atoms with E-state index in [0.717, 1.165) is 15.6 Å². The fourth-order valence-corrected chi connectivity index (χ4v) is 5.19. The molecule has 0 unspecified atom stereocenters. The second-order valence-electron chi connectivity index (χ2n) is 7.14. The zero-order valence-electron chi connectivity index (χ0n) is 18.1. The van der Waals surface area contributed by atoms with Gasteiger partial charge in [-0.05, 0) is 61.7 Å². The molecule has 2 amide bonds. The molecule has 1 fully saturated rings. The third kappa shape index (κ3) is 5.55. The van der Waals surface area contributed by atoms with Crippen molar-refractivity contribution in [2.45, 2.75) is 16.7 Å². The molecule has 0 N–H and O–H groups in total. The molecule has 10 heteroatoms. The summed E-state index contributed by atoms with van der Waals surface area (Å²) < 4.78 is 33.6. The second-order valence-corrected chi connectivity index (χ2v) is 9.88. The number of nitrogens with zero attached hydrogens (tertiary/aromatic N) is 3. The van der Waals surface area contributed by atoms with Crippen LogP contribution in [-0.4, -0.2) is 76.1 Å². The highest BCUT2D eigenvalue weighted by Crippen LogP contribution is 2.27. The standard InChI is InChI=1S/C22H27N3O5S2/c1-3-30-19-6-4-18(5-7-19)25(16-22(27)24-14-12-23(17-26)13-15-24)32(28,29)21-10-8-20(31-2)9-11-21/h4-11,17H,3,12-16H2,1-2H3. The highest BCUT2D eigenvalue weighted by Gasteiger charge is 2.30. The van der Waals surface area contributed by atoms with Gasteiger partial charge >= 0.3 is 0 Å². The zero-order valence-corrected chi connectivity index (χ0v) is 19.8. The largest absolute Gasteiger partial charge is 0.494 e. The third-order valence-electron chi connectivity index (χ3n) is 5.18. The molecule has 0 spiro atoms. The lowest BCUT2D eigenvalue weighted by atomic mass is 10.3. The van der Waals surface area contributed by atoms with E-state index in [1.165, 1.54) is 11.8 Å². The molecule has 32 heavy (non-hydrogen) atoms. The minimum absolute atomic E-state index is 0.114. The van der Waals surface area contributed by atoms with Crippen LogP contribution in [0.4, 0.5) is 5.69 Å². The zero-order chi connectivity index (χ0) is 23.1. The van der Waals surface area contributed by atoms with Crippen molar-refractivity contribution >= 4 is 39.8 Å². The number of piperazine rings is 1. The Bertz CT molecular complexity index is 1020. The molecule has 0 bridgehead atoms. The van der Waals surface area contributed by atoms with Gasteiger partial charge in [-0.2, -0.15) is 0 Å². The maximum atomic E-state index is 13.5. The molecular formula is C22H27N3O5S2. The minimum atomic E-state index is -3.98. The van der Waals surface area contributed by atoms with Gasteiger partial charge in [-0.1, -0.05) is 0 Å². The number of benzene rings is 2. The van der Waals surface area contributed by atoms with Gasteiger partial charge in [0.25, 0.3) is 10.0 Å². The lowest BCUT2D eigenvalue weighted by molar-refractivity contribution is -0.133. The fourth-order valence-electron chi connectivity index (χ4n) is 3.36. The van der Waals surface area contributed by atoms with Crippen LogP contribution >= 0.6 is 11.8 Å². The molecule has 1 aliphatic heterocycles. The molecule has 0 radical (unpaired) electrons. The van der Waals surface area contributed by atoms with Crippen LogP contribution in [-0.2, 0) is 19.6 Å². The van der Waals surface area contributed by atoms with Gasteiger partial charge in [0.1, 0.15) is 12.3 Å². The average Bonchev–Trinajstić information content (AvgIpc) is 2.83. The highest BCUT2D eigenvalue weighted by atomic mass is 32.2. The van der Waals surface area contributed by atoms with Crippen LogP contribution < -0.4 is 9.04 Å². The summed E-state index contributed by atoms with van der Waals surface area (Å²) >= 11 is 1.52. The summed E-state index contributed by atoms with van der Waals surface area (Å²) in [5, 5.41) is 0. The van der Waals surface area contributed by atoms with Crippen molar-refractivity contribution in [2.24, 2.45) is 0 Å². The van der Waals surface area contributed by atoms with Crippen LogP contribution in [0.1, 0.15) is 6.92 Å². The van der Waals surface area contributed by atoms with E-state index < -0.39 is 10.0 Å². The van der Waals surface area contributed by atoms with E-state index >= 15 is 0 Å². The molecule has 0 atom stereocenters. The molecule has 1 aliphatic rings. The molecule has 0 aromatic heterocycles. The van der Waals surface area contributed by atoms with E-state index in [-0.39, 0.29) is 17.3 Å². The summed E-state index contributed by atoms with van der Waals surface area (Å²) in [5.41, 5.74) is 0.377. The smallest absolute Gasteiger partial charge is 0.264 e. The van der Waals surface area contributed by atoms with Gasteiger partial charge in [0, 0.05) is 31.1 Å². The minimum Gasteiger partial charge on any atom is -0.494 e. The molecule has 0 aliphatic carbocycles. The number of rotatable bonds is 9. The first-order chi connectivity index (χ1) is 15.4. The Balaban J connectivity index is 1.90. The fraction of sp³-hybridized carbons (Fsp3) is 0.364. The highest BCUT2D eigenvalue weighted by molar-refractivity contribution is 7.98. The van der Waals surface area contributed by atoms with E-state index in [2.05, 4.69) is 0 Å². The Morgan fingerprint density at radius 3 is 2.22 bits per heavy atom. The van der Waals surface area contributed by atoms with Crippen molar-refractivity contribution in [1.82, 2.24) is 9.80 Å². The van der Waals surface area contributed by atoms with E-state index in [9.17, 15) is 18.0 Å². The van der Waals surface area contributed by atoms with Crippen molar-refractivity contribution in [1.29, 1.82) is 0 Å². The number of carbonyl (C=O) groups is 2. The monoisotopic (exact) mass is 477 g/mol. The third-order valence-corrected chi connectivity index (χ3v) is 7.71. The van der Waals surface area contributed by atoms with E-state index in [1.807, 2.05) is 13.2 Å². The molecule has 8 nitrogen and oxygen atoms in total. The number of ether oxygens (including phenoxy) is 1. The van der Waals surface area contributed by atoms with Gasteiger partial charge in [0.15, 0.2) is 0 Å². The Morgan fingerprint density at radius 2 is 1.69 bits per heavy atom. The predicted molar refractivity (Wildman–Crippen MR) is 125 cm³/mol. The topological polar surface area (TPSA) is 87.2 Å². The van der Waals surface area contributed by atoms with Crippen molar-refractivity contribution < 1.29 is 22.7 Å². The molecular weight excluding hydrogens is 450 g/mol. The molecule has 1 heterocycles. The van der Waals surface area contributed by atoms with Crippen molar-refractivity contribution in [3.05, 3.63) is 48.5 Å². The van der Waals surface area contributed by atoms with E-state index in [1.54, 1.807) is 58.3 Å². The van der Waals surface area contributed by atoms with Crippen LogP contribution in [0.5, 0.6) is 5.75 Å². The summed E-state index contributed by atoms with van der Waals surface area (Å²) in [6.07, 6.45) is 2.68. The van der Waals surface area contributed by atoms with E-state index in [0.29, 0.717) is 44.2 Å². The SMILES string of the molecule is CCOc1ccc(N(CC(=O)N2CCN(C=O)CC2)S(=O)(=O)c2ccc(SC)cc2)cc1. The summed E-state index contributed by atoms with van der Waals surface area (Å²) in [5.74, 6) is 0.308. The van der Waals surface area contributed by atoms with Crippen LogP contribution in [0.2, 0.25) is 0 Å². The normalized spacial score (nSPS) is 14.2. The number of anilines is 1. The van der Waals surface area contributed by atoms with Crippen molar-refractivity contribution in [3.63, 3.8) is 0 Å². The molecule has 172 valence electrons. The first-order valence-corrected chi connectivity index (χ1v) is 12.9. The lowest BCUT2D eigenvalue weighted by Gasteiger charge is -2.34. The Kier molecular flexibility index (Phi) is 8.03. The Labute approximate surface area is 193 Å². The van der Waals surface area contributed by atoms with Gasteiger partial charge in [0.05, 0.1) is 17.2 Å². The summed E-state index contributed by atoms with van der Waals surface area (Å²) in [4.78, 5) is 28.2. The van der Waals surface area contributed by atoms with Gasteiger partial charge in [-0.15, -0.1) is 11.8 Å². The number of hydrogen-bond donors (Lipinski definition) is 0. The lowest BCUT2D eigenvalue weighted by Crippen LogP contribution is -2.51. The number of carbonyl (C=O) groups excluding carboxylic acids is 2. The first-order valence-electron chi connectivity index (χ1n) is 10.3. The second kappa shape index (κ2) is 10.7. The molecule has 2 aromatic carbocycles. The van der Waals surface area contributed by atoms with Gasteiger partial charge in [-0.3, -0.25) is 13.9 Å². The molecule has 1 saturated heterocycles. The maximum absolute atomic E-state index is 13.5. The van der Waals surface area contributed by atoms with Crippen LogP contribution in [0.3, 0.4) is 0 Å².